The highest BCUT2D eigenvalue weighted by molar-refractivity contribution is 7.90. The third-order valence-electron chi connectivity index (χ3n) is 9.69. The van der Waals surface area contributed by atoms with E-state index in [0.717, 1.165) is 35.8 Å². The number of pyridine rings is 1. The summed E-state index contributed by atoms with van der Waals surface area (Å²) in [6.07, 6.45) is 9.40. The van der Waals surface area contributed by atoms with Crippen LogP contribution in [0.15, 0.2) is 67.3 Å². The van der Waals surface area contributed by atoms with Gasteiger partial charge in [-0.1, -0.05) is 48.4 Å². The molecule has 0 spiro atoms. The van der Waals surface area contributed by atoms with E-state index in [0.29, 0.717) is 36.2 Å². The summed E-state index contributed by atoms with van der Waals surface area (Å²) in [6.45, 7) is 5.27. The van der Waals surface area contributed by atoms with Crippen LogP contribution in [0.4, 0.5) is 4.79 Å². The van der Waals surface area contributed by atoms with E-state index in [4.69, 9.17) is 20.9 Å². The minimum atomic E-state index is -3.97. The molecule has 4 amide bonds. The topological polar surface area (TPSA) is 173 Å². The highest BCUT2D eigenvalue weighted by Gasteiger charge is 2.45. The number of sulfonamides is 1. The van der Waals surface area contributed by atoms with Crippen molar-refractivity contribution in [3.8, 4) is 29.4 Å². The van der Waals surface area contributed by atoms with Gasteiger partial charge >= 0.3 is 6.09 Å². The van der Waals surface area contributed by atoms with Crippen molar-refractivity contribution in [2.45, 2.75) is 81.3 Å². The van der Waals surface area contributed by atoms with Crippen molar-refractivity contribution in [2.75, 3.05) is 13.2 Å². The molecule has 1 aliphatic carbocycles. The van der Waals surface area contributed by atoms with Gasteiger partial charge in [0.15, 0.2) is 0 Å². The fourth-order valence-corrected chi connectivity index (χ4v) is 7.97. The van der Waals surface area contributed by atoms with Crippen LogP contribution in [0.5, 0.6) is 5.75 Å². The van der Waals surface area contributed by atoms with Gasteiger partial charge in [-0.15, -0.1) is 13.0 Å². The van der Waals surface area contributed by atoms with E-state index >= 15 is 0 Å². The van der Waals surface area contributed by atoms with Gasteiger partial charge in [0.05, 0.1) is 35.5 Å². The van der Waals surface area contributed by atoms with Crippen LogP contribution >= 0.6 is 0 Å². The van der Waals surface area contributed by atoms with Crippen molar-refractivity contribution in [1.29, 1.82) is 0 Å². The predicted molar refractivity (Wildman–Crippen MR) is 198 cm³/mol. The number of carbonyl (C=O) groups excluding carboxylic acids is 4. The fourth-order valence-electron chi connectivity index (χ4n) is 6.64. The molecule has 278 valence electrons. The number of alkyl carbamates (subject to hydrolysis) is 1. The average Bonchev–Trinajstić information content (AvgIpc) is 3.93. The molecule has 1 unspecified atom stereocenters. The van der Waals surface area contributed by atoms with Crippen molar-refractivity contribution in [2.24, 2.45) is 5.92 Å². The second kappa shape index (κ2) is 16.1. The number of aryl methyl sites for hydroxylation is 1. The molecule has 1 aromatic heterocycles. The molecule has 2 aliphatic heterocycles. The maximum atomic E-state index is 14.1. The summed E-state index contributed by atoms with van der Waals surface area (Å²) in [5.41, 5.74) is 3.34. The molecule has 5 atom stereocenters. The third kappa shape index (κ3) is 8.80. The van der Waals surface area contributed by atoms with E-state index in [2.05, 4.69) is 23.1 Å². The summed E-state index contributed by atoms with van der Waals surface area (Å²) < 4.78 is 39.3. The SMILES string of the molecule is C#C[C@@H](C=C)C(NC(=O)[C@@H]1C[C@@H]2CN1C(=O)[C@H](C)NC(=O)OCCCCCc1ccc3nc(-c4ccccc4)cc(c3c1)O2)C(=O)NS(=O)(=O)C1CC1. The quantitative estimate of drug-likeness (QED) is 0.230. The lowest BCUT2D eigenvalue weighted by molar-refractivity contribution is -0.140. The van der Waals surface area contributed by atoms with Gasteiger partial charge in [-0.05, 0) is 63.1 Å². The summed E-state index contributed by atoms with van der Waals surface area (Å²) in [5, 5.41) is 5.23. The Hall–Kier alpha value is -5.42. The summed E-state index contributed by atoms with van der Waals surface area (Å²) in [5.74, 6) is -0.535. The molecule has 13 nitrogen and oxygen atoms in total. The Bertz CT molecular complexity index is 2050. The molecular formula is C39H43N5O8S. The molecule has 53 heavy (non-hydrogen) atoms. The van der Waals surface area contributed by atoms with Gasteiger partial charge in [-0.3, -0.25) is 19.1 Å². The minimum absolute atomic E-state index is 0.00242. The number of fused-ring (bicyclic) bond motifs is 3. The van der Waals surface area contributed by atoms with Gasteiger partial charge in [0.25, 0.3) is 5.91 Å². The smallest absolute Gasteiger partial charge is 0.407 e. The van der Waals surface area contributed by atoms with Crippen LogP contribution in [0, 0.1) is 18.3 Å². The first kappa shape index (κ1) is 37.3. The molecular weight excluding hydrogens is 699 g/mol. The summed E-state index contributed by atoms with van der Waals surface area (Å²) >= 11 is 0. The lowest BCUT2D eigenvalue weighted by atomic mass is 9.99. The molecule has 4 bridgehead atoms. The summed E-state index contributed by atoms with van der Waals surface area (Å²) in [4.78, 5) is 60.3. The van der Waals surface area contributed by atoms with E-state index < -0.39 is 69.2 Å². The Morgan fingerprint density at radius 2 is 1.89 bits per heavy atom. The normalized spacial score (nSPS) is 22.2. The zero-order chi connectivity index (χ0) is 37.7. The van der Waals surface area contributed by atoms with Crippen molar-refractivity contribution in [3.63, 3.8) is 0 Å². The van der Waals surface area contributed by atoms with Crippen LogP contribution in [0.3, 0.4) is 0 Å². The van der Waals surface area contributed by atoms with E-state index in [9.17, 15) is 27.6 Å². The van der Waals surface area contributed by atoms with E-state index in [1.165, 1.54) is 17.9 Å². The molecule has 0 radical (unpaired) electrons. The maximum Gasteiger partial charge on any atom is 0.407 e. The predicted octanol–water partition coefficient (Wildman–Crippen LogP) is 3.62. The molecule has 3 aliphatic rings. The molecule has 6 rings (SSSR count). The summed E-state index contributed by atoms with van der Waals surface area (Å²) in [6, 6.07) is 13.7. The minimum Gasteiger partial charge on any atom is -0.488 e. The molecule has 3 N–H and O–H groups in total. The van der Waals surface area contributed by atoms with Crippen molar-refractivity contribution < 1.29 is 37.1 Å². The number of amides is 4. The Morgan fingerprint density at radius 3 is 2.60 bits per heavy atom. The fraction of sp³-hybridized carbons (Fsp3) is 0.410. The van der Waals surface area contributed by atoms with Crippen molar-refractivity contribution >= 4 is 44.7 Å². The number of aromatic nitrogens is 1. The standard InChI is InChI=1S/C39H43N5O8S/c1-4-26(5-2)35(37(46)43-53(49,50)29-16-17-29)42-36(45)33-21-28-23-44(33)38(47)24(3)40-39(48)51-19-11-7-8-12-25-15-18-31-30(20-25)34(52-28)22-32(41-31)27-13-9-6-10-14-27/h1,5-6,9-10,13-15,18,20,22,24,26,28-29,33,35H,2,7-8,11-12,16-17,19,21,23H2,3H3,(H,40,48)(H,42,45)(H,43,46)/t24-,26-,28+,33-,35?/m0/s1. The third-order valence-corrected chi connectivity index (χ3v) is 11.5. The highest BCUT2D eigenvalue weighted by Crippen LogP contribution is 2.34. The second-order valence-electron chi connectivity index (χ2n) is 13.6. The number of terminal acetylenes is 1. The van der Waals surface area contributed by atoms with Gasteiger partial charge in [0.2, 0.25) is 21.8 Å². The van der Waals surface area contributed by atoms with Crippen LogP contribution in [0.2, 0.25) is 0 Å². The molecule has 1 saturated heterocycles. The zero-order valence-electron chi connectivity index (χ0n) is 29.5. The molecule has 2 aromatic carbocycles. The average molecular weight is 742 g/mol. The van der Waals surface area contributed by atoms with Gasteiger partial charge < -0.3 is 25.0 Å². The van der Waals surface area contributed by atoms with Crippen LogP contribution in [0.25, 0.3) is 22.2 Å². The number of ether oxygens (including phenoxy) is 2. The zero-order valence-corrected chi connectivity index (χ0v) is 30.3. The monoisotopic (exact) mass is 741 g/mol. The maximum absolute atomic E-state index is 14.1. The van der Waals surface area contributed by atoms with Crippen molar-refractivity contribution in [1.82, 2.24) is 25.2 Å². The largest absolute Gasteiger partial charge is 0.488 e. The van der Waals surface area contributed by atoms with E-state index in [1.807, 2.05) is 59.3 Å². The Morgan fingerprint density at radius 1 is 1.11 bits per heavy atom. The molecule has 14 heteroatoms. The first-order valence-electron chi connectivity index (χ1n) is 17.8. The Kier molecular flexibility index (Phi) is 11.3. The number of rotatable bonds is 8. The lowest BCUT2D eigenvalue weighted by Crippen LogP contribution is -2.57. The van der Waals surface area contributed by atoms with Gasteiger partial charge in [0, 0.05) is 23.4 Å². The van der Waals surface area contributed by atoms with Gasteiger partial charge in [0.1, 0.15) is 30.0 Å². The number of nitrogens with one attached hydrogen (secondary N) is 3. The number of hydrogen-bond donors (Lipinski definition) is 3. The molecule has 3 aromatic rings. The van der Waals surface area contributed by atoms with Crippen LogP contribution in [0.1, 0.15) is 51.0 Å². The number of cyclic esters (lactones) is 1. The van der Waals surface area contributed by atoms with E-state index in [1.54, 1.807) is 0 Å². The number of nitrogens with zero attached hydrogens (tertiary/aromatic N) is 2. The van der Waals surface area contributed by atoms with Gasteiger partial charge in [-0.25, -0.2) is 18.2 Å². The number of hydrogen-bond acceptors (Lipinski definition) is 9. The lowest BCUT2D eigenvalue weighted by Gasteiger charge is -2.29. The Balaban J connectivity index is 1.35. The van der Waals surface area contributed by atoms with Crippen molar-refractivity contribution in [3.05, 3.63) is 72.8 Å². The van der Waals surface area contributed by atoms with Crippen LogP contribution in [-0.4, -0.2) is 84.7 Å². The Labute approximate surface area is 308 Å². The first-order chi connectivity index (χ1) is 25.5. The summed E-state index contributed by atoms with van der Waals surface area (Å²) in [7, 11) is -3.97. The first-order valence-corrected chi connectivity index (χ1v) is 19.4. The van der Waals surface area contributed by atoms with Crippen LogP contribution in [-0.2, 0) is 35.6 Å². The van der Waals surface area contributed by atoms with Gasteiger partial charge in [-0.2, -0.15) is 0 Å². The molecule has 1 saturated carbocycles. The van der Waals surface area contributed by atoms with Crippen LogP contribution < -0.4 is 20.1 Å². The number of carbonyl (C=O) groups is 4. The number of benzene rings is 2. The second-order valence-corrected chi connectivity index (χ2v) is 15.6. The highest BCUT2D eigenvalue weighted by atomic mass is 32.2. The molecule has 3 heterocycles. The van der Waals surface area contributed by atoms with E-state index in [-0.39, 0.29) is 19.6 Å². The molecule has 2 fully saturated rings.